The van der Waals surface area contributed by atoms with E-state index >= 15 is 0 Å². The Hall–Kier alpha value is -1.86. The first-order chi connectivity index (χ1) is 16.4. The van der Waals surface area contributed by atoms with E-state index in [0.717, 1.165) is 37.7 Å². The van der Waals surface area contributed by atoms with Crippen molar-refractivity contribution < 1.29 is 13.9 Å². The second-order valence-corrected chi connectivity index (χ2v) is 11.8. The van der Waals surface area contributed by atoms with E-state index in [4.69, 9.17) is 11.6 Å². The van der Waals surface area contributed by atoms with Crippen LogP contribution in [-0.4, -0.2) is 36.8 Å². The van der Waals surface area contributed by atoms with Crippen LogP contribution in [0.15, 0.2) is 35.9 Å². The smallest absolute Gasteiger partial charge is 0.275 e. The number of halogens is 3. The number of nitrogens with zero attached hydrogens (tertiary/aromatic N) is 4. The predicted octanol–water partition coefficient (Wildman–Crippen LogP) is 6.96. The van der Waals surface area contributed by atoms with Crippen molar-refractivity contribution in [2.75, 3.05) is 0 Å². The van der Waals surface area contributed by atoms with Gasteiger partial charge >= 0.3 is 0 Å². The average molecular weight is 507 g/mol. The summed E-state index contributed by atoms with van der Waals surface area (Å²) in [5.74, 6) is -1.43. The lowest BCUT2D eigenvalue weighted by molar-refractivity contribution is -0.168. The van der Waals surface area contributed by atoms with Crippen LogP contribution in [0, 0.1) is 23.2 Å². The van der Waals surface area contributed by atoms with Crippen molar-refractivity contribution in [3.05, 3.63) is 40.9 Å². The van der Waals surface area contributed by atoms with E-state index in [0.29, 0.717) is 35.6 Å². The Morgan fingerprint density at radius 1 is 1.26 bits per heavy atom. The molecule has 2 fully saturated rings. The summed E-state index contributed by atoms with van der Waals surface area (Å²) in [6.07, 6.45) is 7.89. The second-order valence-electron chi connectivity index (χ2n) is 11.3. The lowest BCUT2D eigenvalue weighted by atomic mass is 9.60. The molecule has 192 valence electrons. The zero-order chi connectivity index (χ0) is 25.4. The Kier molecular flexibility index (Phi) is 7.41. The van der Waals surface area contributed by atoms with Crippen LogP contribution in [0.25, 0.3) is 11.4 Å². The predicted molar refractivity (Wildman–Crippen MR) is 134 cm³/mol. The molecule has 0 unspecified atom stereocenters. The molecule has 4 rings (SSSR count). The maximum Gasteiger partial charge on any atom is 0.275 e. The normalized spacial score (nSPS) is 27.3. The van der Waals surface area contributed by atoms with E-state index in [1.54, 1.807) is 4.80 Å². The van der Waals surface area contributed by atoms with Gasteiger partial charge in [0.1, 0.15) is 5.60 Å². The quantitative estimate of drug-likeness (QED) is 0.393. The van der Waals surface area contributed by atoms with E-state index in [1.165, 1.54) is 19.4 Å². The molecule has 8 heteroatoms. The van der Waals surface area contributed by atoms with Gasteiger partial charge in [-0.15, -0.1) is 10.2 Å². The number of allylic oxidation sites excluding steroid dienone is 2. The Balaban J connectivity index is 1.42. The Morgan fingerprint density at radius 3 is 2.66 bits per heavy atom. The van der Waals surface area contributed by atoms with Crippen LogP contribution in [0.2, 0.25) is 5.02 Å². The minimum atomic E-state index is -3.08. The van der Waals surface area contributed by atoms with Crippen LogP contribution in [0.5, 0.6) is 0 Å². The second kappa shape index (κ2) is 9.89. The van der Waals surface area contributed by atoms with Gasteiger partial charge < -0.3 is 5.11 Å². The first-order valence-electron chi connectivity index (χ1n) is 12.7. The van der Waals surface area contributed by atoms with Gasteiger partial charge in [-0.1, -0.05) is 37.1 Å². The monoisotopic (exact) mass is 506 g/mol. The molecule has 0 amide bonds. The SMILES string of the molecule is C[C@H](CCC(F)(F)C(C)(C)O)[C@H]1CC[C@H]2/C(=C/Cn3nnc(-c4ccc(Cl)cc4)n3)CCC[C@]12C. The third-order valence-corrected chi connectivity index (χ3v) is 8.86. The maximum absolute atomic E-state index is 14.4. The van der Waals surface area contributed by atoms with Crippen molar-refractivity contribution in [1.82, 2.24) is 20.2 Å². The molecule has 35 heavy (non-hydrogen) atoms. The molecule has 1 aromatic heterocycles. The summed E-state index contributed by atoms with van der Waals surface area (Å²) < 4.78 is 28.7. The van der Waals surface area contributed by atoms with Gasteiger partial charge in [-0.25, -0.2) is 8.78 Å². The number of fused-ring (bicyclic) bond motifs is 1. The minimum absolute atomic E-state index is 0.123. The molecule has 5 nitrogen and oxygen atoms in total. The number of hydrogen-bond donors (Lipinski definition) is 1. The van der Waals surface area contributed by atoms with Crippen molar-refractivity contribution in [3.8, 4) is 11.4 Å². The molecule has 1 heterocycles. The molecule has 2 aliphatic rings. The van der Waals surface area contributed by atoms with E-state index in [9.17, 15) is 13.9 Å². The molecular weight excluding hydrogens is 470 g/mol. The number of alkyl halides is 2. The fourth-order valence-corrected chi connectivity index (χ4v) is 6.54. The third kappa shape index (κ3) is 5.46. The Morgan fingerprint density at radius 2 is 1.97 bits per heavy atom. The Labute approximate surface area is 211 Å². The summed E-state index contributed by atoms with van der Waals surface area (Å²) in [6.45, 7) is 7.45. The van der Waals surface area contributed by atoms with Gasteiger partial charge in [0.25, 0.3) is 5.92 Å². The highest BCUT2D eigenvalue weighted by atomic mass is 35.5. The van der Waals surface area contributed by atoms with Crippen molar-refractivity contribution in [3.63, 3.8) is 0 Å². The van der Waals surface area contributed by atoms with E-state index in [-0.39, 0.29) is 17.8 Å². The minimum Gasteiger partial charge on any atom is -0.384 e. The molecule has 2 aliphatic carbocycles. The fraction of sp³-hybridized carbons (Fsp3) is 0.667. The summed E-state index contributed by atoms with van der Waals surface area (Å²) in [7, 11) is 0. The molecule has 0 saturated heterocycles. The molecular formula is C27H37ClF2N4O. The van der Waals surface area contributed by atoms with Crippen LogP contribution >= 0.6 is 11.6 Å². The molecule has 0 aliphatic heterocycles. The highest BCUT2D eigenvalue weighted by Gasteiger charge is 2.51. The van der Waals surface area contributed by atoms with Gasteiger partial charge in [0.2, 0.25) is 5.82 Å². The van der Waals surface area contributed by atoms with Crippen LogP contribution in [-0.2, 0) is 6.54 Å². The summed E-state index contributed by atoms with van der Waals surface area (Å²) in [6, 6.07) is 7.38. The van der Waals surface area contributed by atoms with Crippen molar-refractivity contribution in [1.29, 1.82) is 0 Å². The van der Waals surface area contributed by atoms with Crippen LogP contribution in [0.3, 0.4) is 0 Å². The largest absolute Gasteiger partial charge is 0.384 e. The highest BCUT2D eigenvalue weighted by Crippen LogP contribution is 2.60. The van der Waals surface area contributed by atoms with Gasteiger partial charge in [-0.2, -0.15) is 4.80 Å². The number of aliphatic hydroxyl groups is 1. The molecule has 0 radical (unpaired) electrons. The molecule has 0 bridgehead atoms. The number of benzene rings is 1. The van der Waals surface area contributed by atoms with Gasteiger partial charge in [-0.3, -0.25) is 0 Å². The van der Waals surface area contributed by atoms with Gasteiger partial charge in [0.05, 0.1) is 6.54 Å². The average Bonchev–Trinajstić information content (AvgIpc) is 3.40. The summed E-state index contributed by atoms with van der Waals surface area (Å²) in [5.41, 5.74) is 0.456. The first-order valence-corrected chi connectivity index (χ1v) is 13.1. The lowest BCUT2D eigenvalue weighted by Crippen LogP contribution is -2.43. The summed E-state index contributed by atoms with van der Waals surface area (Å²) in [5, 5.41) is 23.4. The summed E-state index contributed by atoms with van der Waals surface area (Å²) >= 11 is 5.97. The van der Waals surface area contributed by atoms with Crippen LogP contribution < -0.4 is 0 Å². The van der Waals surface area contributed by atoms with E-state index in [2.05, 4.69) is 35.3 Å². The molecule has 4 atom stereocenters. The maximum atomic E-state index is 14.4. The third-order valence-electron chi connectivity index (χ3n) is 8.61. The topological polar surface area (TPSA) is 63.8 Å². The van der Waals surface area contributed by atoms with E-state index in [1.807, 2.05) is 24.3 Å². The van der Waals surface area contributed by atoms with Crippen molar-refractivity contribution in [2.24, 2.45) is 23.2 Å². The van der Waals surface area contributed by atoms with Crippen molar-refractivity contribution in [2.45, 2.75) is 90.7 Å². The fourth-order valence-electron chi connectivity index (χ4n) is 6.41. The Bertz CT molecular complexity index is 1050. The molecule has 2 aromatic rings. The lowest BCUT2D eigenvalue weighted by Gasteiger charge is -2.44. The van der Waals surface area contributed by atoms with Gasteiger partial charge in [0, 0.05) is 17.0 Å². The van der Waals surface area contributed by atoms with Crippen molar-refractivity contribution >= 4 is 11.6 Å². The number of aromatic nitrogens is 4. The van der Waals surface area contributed by atoms with Crippen LogP contribution in [0.1, 0.15) is 72.6 Å². The molecule has 1 aromatic carbocycles. The standard InChI is InChI=1S/C27H37ClF2N4O/c1-18(13-16-27(29,30)25(2,3)35)22-11-12-23-19(6-5-15-26(22,23)4)14-17-34-32-24(31-33-34)20-7-9-21(28)10-8-20/h7-10,14,18,22-23,35H,5-6,11-13,15-17H2,1-4H3/b19-14+/t18-,22-,23+,26-/m1/s1. The van der Waals surface area contributed by atoms with Gasteiger partial charge in [0.15, 0.2) is 0 Å². The zero-order valence-corrected chi connectivity index (χ0v) is 21.9. The molecule has 0 spiro atoms. The highest BCUT2D eigenvalue weighted by molar-refractivity contribution is 6.30. The number of tetrazole rings is 1. The summed E-state index contributed by atoms with van der Waals surface area (Å²) in [4.78, 5) is 1.62. The first kappa shape index (κ1) is 26.2. The zero-order valence-electron chi connectivity index (χ0n) is 21.1. The van der Waals surface area contributed by atoms with Gasteiger partial charge in [-0.05, 0) is 105 Å². The number of rotatable bonds is 8. The van der Waals surface area contributed by atoms with E-state index < -0.39 is 11.5 Å². The van der Waals surface area contributed by atoms with Crippen LogP contribution in [0.4, 0.5) is 8.78 Å². The number of hydrogen-bond acceptors (Lipinski definition) is 4. The molecule has 1 N–H and O–H groups in total. The molecule has 2 saturated carbocycles.